The molecule has 0 aliphatic heterocycles. The largest absolute Gasteiger partial charge is 0.383 e. The zero-order valence-electron chi connectivity index (χ0n) is 12.0. The molecule has 1 aromatic carbocycles. The summed E-state index contributed by atoms with van der Waals surface area (Å²) in [6.45, 7) is 6.72. The molecule has 1 aromatic heterocycles. The van der Waals surface area contributed by atoms with Crippen LogP contribution in [0.25, 0.3) is 0 Å². The molecule has 0 saturated heterocycles. The van der Waals surface area contributed by atoms with Crippen molar-refractivity contribution in [3.63, 3.8) is 0 Å². The van der Waals surface area contributed by atoms with Crippen LogP contribution in [0.2, 0.25) is 0 Å². The SMILES string of the molecule is CCNc1cnccc1C(=O)Nc1cc(C)ccc1C. The molecule has 1 amide bonds. The number of amides is 1. The van der Waals surface area contributed by atoms with Gasteiger partial charge in [0.1, 0.15) is 0 Å². The minimum atomic E-state index is -0.128. The molecule has 0 fully saturated rings. The van der Waals surface area contributed by atoms with Gasteiger partial charge in [-0.05, 0) is 44.0 Å². The fraction of sp³-hybridized carbons (Fsp3) is 0.250. The predicted octanol–water partition coefficient (Wildman–Crippen LogP) is 3.38. The molecule has 1 heterocycles. The Morgan fingerprint density at radius 2 is 2.00 bits per heavy atom. The van der Waals surface area contributed by atoms with Crippen molar-refractivity contribution in [3.05, 3.63) is 53.3 Å². The van der Waals surface area contributed by atoms with Crippen LogP contribution in [0.4, 0.5) is 11.4 Å². The summed E-state index contributed by atoms with van der Waals surface area (Å²) < 4.78 is 0. The molecule has 0 radical (unpaired) electrons. The van der Waals surface area contributed by atoms with Gasteiger partial charge in [-0.25, -0.2) is 0 Å². The number of nitrogens with one attached hydrogen (secondary N) is 2. The Bertz CT molecular complexity index is 623. The number of pyridine rings is 1. The molecule has 0 unspecified atom stereocenters. The van der Waals surface area contributed by atoms with Crippen molar-refractivity contribution >= 4 is 17.3 Å². The fourth-order valence-electron chi connectivity index (χ4n) is 1.98. The Labute approximate surface area is 119 Å². The summed E-state index contributed by atoms with van der Waals surface area (Å²) >= 11 is 0. The van der Waals surface area contributed by atoms with Crippen LogP contribution in [0, 0.1) is 13.8 Å². The van der Waals surface area contributed by atoms with Gasteiger partial charge < -0.3 is 10.6 Å². The summed E-state index contributed by atoms with van der Waals surface area (Å²) in [5.74, 6) is -0.128. The monoisotopic (exact) mass is 269 g/mol. The second-order valence-corrected chi connectivity index (χ2v) is 4.72. The molecule has 0 saturated carbocycles. The molecule has 0 aliphatic carbocycles. The first kappa shape index (κ1) is 14.1. The highest BCUT2D eigenvalue weighted by Crippen LogP contribution is 2.19. The van der Waals surface area contributed by atoms with Crippen molar-refractivity contribution in [1.82, 2.24) is 4.98 Å². The van der Waals surface area contributed by atoms with Gasteiger partial charge in [-0.3, -0.25) is 9.78 Å². The lowest BCUT2D eigenvalue weighted by Gasteiger charge is -2.12. The van der Waals surface area contributed by atoms with Crippen molar-refractivity contribution in [1.29, 1.82) is 0 Å². The van der Waals surface area contributed by atoms with E-state index >= 15 is 0 Å². The zero-order valence-corrected chi connectivity index (χ0v) is 12.0. The highest BCUT2D eigenvalue weighted by atomic mass is 16.1. The molecule has 104 valence electrons. The summed E-state index contributed by atoms with van der Waals surface area (Å²) in [5, 5.41) is 6.10. The van der Waals surface area contributed by atoms with Crippen LogP contribution >= 0.6 is 0 Å². The van der Waals surface area contributed by atoms with Gasteiger partial charge in [0, 0.05) is 18.4 Å². The molecule has 0 spiro atoms. The van der Waals surface area contributed by atoms with Crippen LogP contribution in [-0.4, -0.2) is 17.4 Å². The summed E-state index contributed by atoms with van der Waals surface area (Å²) in [5.41, 5.74) is 4.35. The topological polar surface area (TPSA) is 54.0 Å². The van der Waals surface area contributed by atoms with E-state index in [0.717, 1.165) is 29.0 Å². The predicted molar refractivity (Wildman–Crippen MR) is 82.3 cm³/mol. The molecule has 2 N–H and O–H groups in total. The van der Waals surface area contributed by atoms with E-state index in [1.165, 1.54) is 0 Å². The van der Waals surface area contributed by atoms with Crippen molar-refractivity contribution < 1.29 is 4.79 Å². The molecular formula is C16H19N3O. The summed E-state index contributed by atoms with van der Waals surface area (Å²) in [7, 11) is 0. The van der Waals surface area contributed by atoms with Gasteiger partial charge >= 0.3 is 0 Å². The van der Waals surface area contributed by atoms with Gasteiger partial charge in [-0.15, -0.1) is 0 Å². The van der Waals surface area contributed by atoms with Crippen LogP contribution in [0.3, 0.4) is 0 Å². The fourth-order valence-corrected chi connectivity index (χ4v) is 1.98. The minimum absolute atomic E-state index is 0.128. The zero-order chi connectivity index (χ0) is 14.5. The summed E-state index contributed by atoms with van der Waals surface area (Å²) in [4.78, 5) is 16.4. The molecule has 4 heteroatoms. The number of aryl methyl sites for hydroxylation is 2. The molecule has 0 bridgehead atoms. The number of rotatable bonds is 4. The van der Waals surface area contributed by atoms with Crippen molar-refractivity contribution in [2.24, 2.45) is 0 Å². The Balaban J connectivity index is 2.26. The van der Waals surface area contributed by atoms with Crippen molar-refractivity contribution in [3.8, 4) is 0 Å². The molecule has 20 heavy (non-hydrogen) atoms. The number of hydrogen-bond acceptors (Lipinski definition) is 3. The van der Waals surface area contributed by atoms with E-state index < -0.39 is 0 Å². The Morgan fingerprint density at radius 1 is 1.20 bits per heavy atom. The lowest BCUT2D eigenvalue weighted by Crippen LogP contribution is -2.15. The standard InChI is InChI=1S/C16H19N3O/c1-4-18-15-10-17-8-7-13(15)16(20)19-14-9-11(2)5-6-12(14)3/h5-10,18H,4H2,1-3H3,(H,19,20). The van der Waals surface area contributed by atoms with Gasteiger partial charge in [-0.2, -0.15) is 0 Å². The number of hydrogen-bond donors (Lipinski definition) is 2. The molecule has 2 aromatic rings. The number of aromatic nitrogens is 1. The number of carbonyl (C=O) groups is 1. The maximum absolute atomic E-state index is 12.4. The van der Waals surface area contributed by atoms with Gasteiger partial charge in [0.25, 0.3) is 5.91 Å². The maximum Gasteiger partial charge on any atom is 0.257 e. The normalized spacial score (nSPS) is 10.2. The van der Waals surface area contributed by atoms with Crippen molar-refractivity contribution in [2.45, 2.75) is 20.8 Å². The Morgan fingerprint density at radius 3 is 2.75 bits per heavy atom. The molecule has 2 rings (SSSR count). The third kappa shape index (κ3) is 3.15. The van der Waals surface area contributed by atoms with Crippen LogP contribution in [0.1, 0.15) is 28.4 Å². The lowest BCUT2D eigenvalue weighted by atomic mass is 10.1. The van der Waals surface area contributed by atoms with E-state index in [1.54, 1.807) is 18.5 Å². The van der Waals surface area contributed by atoms with E-state index in [4.69, 9.17) is 0 Å². The Hall–Kier alpha value is -2.36. The first-order valence-corrected chi connectivity index (χ1v) is 6.68. The minimum Gasteiger partial charge on any atom is -0.383 e. The van der Waals surface area contributed by atoms with E-state index in [1.807, 2.05) is 39.0 Å². The summed E-state index contributed by atoms with van der Waals surface area (Å²) in [6, 6.07) is 7.73. The van der Waals surface area contributed by atoms with Gasteiger partial charge in [0.15, 0.2) is 0 Å². The maximum atomic E-state index is 12.4. The highest BCUT2D eigenvalue weighted by Gasteiger charge is 2.12. The quantitative estimate of drug-likeness (QED) is 0.894. The second-order valence-electron chi connectivity index (χ2n) is 4.72. The number of nitrogens with zero attached hydrogens (tertiary/aromatic N) is 1. The van der Waals surface area contributed by atoms with E-state index in [0.29, 0.717) is 5.56 Å². The lowest BCUT2D eigenvalue weighted by molar-refractivity contribution is 0.102. The first-order valence-electron chi connectivity index (χ1n) is 6.68. The van der Waals surface area contributed by atoms with Gasteiger partial charge in [0.2, 0.25) is 0 Å². The van der Waals surface area contributed by atoms with E-state index in [2.05, 4.69) is 15.6 Å². The molecule has 0 atom stereocenters. The number of benzene rings is 1. The van der Waals surface area contributed by atoms with Crippen LogP contribution < -0.4 is 10.6 Å². The first-order chi connectivity index (χ1) is 9.61. The van der Waals surface area contributed by atoms with Gasteiger partial charge in [0.05, 0.1) is 17.4 Å². The van der Waals surface area contributed by atoms with E-state index in [-0.39, 0.29) is 5.91 Å². The third-order valence-corrected chi connectivity index (χ3v) is 3.07. The Kier molecular flexibility index (Phi) is 4.35. The van der Waals surface area contributed by atoms with Gasteiger partial charge in [-0.1, -0.05) is 12.1 Å². The third-order valence-electron chi connectivity index (χ3n) is 3.07. The molecular weight excluding hydrogens is 250 g/mol. The average Bonchev–Trinajstić information content (AvgIpc) is 2.44. The van der Waals surface area contributed by atoms with E-state index in [9.17, 15) is 4.79 Å². The number of carbonyl (C=O) groups excluding carboxylic acids is 1. The summed E-state index contributed by atoms with van der Waals surface area (Å²) in [6.07, 6.45) is 3.29. The number of anilines is 2. The van der Waals surface area contributed by atoms with Crippen LogP contribution in [0.5, 0.6) is 0 Å². The second kappa shape index (κ2) is 6.19. The van der Waals surface area contributed by atoms with Crippen LogP contribution in [-0.2, 0) is 0 Å². The molecule has 0 aliphatic rings. The van der Waals surface area contributed by atoms with Crippen LogP contribution in [0.15, 0.2) is 36.7 Å². The smallest absolute Gasteiger partial charge is 0.257 e. The highest BCUT2D eigenvalue weighted by molar-refractivity contribution is 6.08. The average molecular weight is 269 g/mol. The van der Waals surface area contributed by atoms with Crippen molar-refractivity contribution in [2.75, 3.05) is 17.2 Å². The molecule has 4 nitrogen and oxygen atoms in total.